The van der Waals surface area contributed by atoms with Crippen molar-refractivity contribution in [2.75, 3.05) is 0 Å². The predicted octanol–water partition coefficient (Wildman–Crippen LogP) is 6.35. The van der Waals surface area contributed by atoms with Gasteiger partial charge in [-0.15, -0.1) is 0 Å². The maximum Gasteiger partial charge on any atom is 0.338 e. The third-order valence-electron chi connectivity index (χ3n) is 10.1. The highest BCUT2D eigenvalue weighted by molar-refractivity contribution is 5.89. The Morgan fingerprint density at radius 3 is 2.36 bits per heavy atom. The number of carbonyl (C=O) groups excluding carboxylic acids is 2. The van der Waals surface area contributed by atoms with Gasteiger partial charge in [-0.2, -0.15) is 0 Å². The first-order valence-electron chi connectivity index (χ1n) is 12.8. The van der Waals surface area contributed by atoms with Crippen LogP contribution in [-0.2, 0) is 14.3 Å². The minimum atomic E-state index is -0.192. The molecule has 0 unspecified atom stereocenters. The molecule has 0 aromatic heterocycles. The lowest BCUT2D eigenvalue weighted by Crippen LogP contribution is -2.55. The van der Waals surface area contributed by atoms with Crippen molar-refractivity contribution >= 4 is 11.9 Å². The van der Waals surface area contributed by atoms with Crippen LogP contribution in [0.25, 0.3) is 0 Å². The zero-order valence-corrected chi connectivity index (χ0v) is 20.3. The highest BCUT2D eigenvalue weighted by Gasteiger charge is 2.62. The number of hydrogen-bond acceptors (Lipinski definition) is 4. The molecule has 4 saturated carbocycles. The Morgan fingerprint density at radius 1 is 0.939 bits per heavy atom. The first kappa shape index (κ1) is 22.7. The van der Waals surface area contributed by atoms with Crippen LogP contribution in [0.1, 0.15) is 82.5 Å². The quantitative estimate of drug-likeness (QED) is 0.398. The summed E-state index contributed by atoms with van der Waals surface area (Å²) in [6, 6.07) is 9.38. The number of fused-ring (bicyclic) bond motifs is 5. The smallest absolute Gasteiger partial charge is 0.338 e. The number of benzene rings is 1. The number of rotatable bonds is 3. The molecule has 8 atom stereocenters. The summed E-state index contributed by atoms with van der Waals surface area (Å²) in [4.78, 5) is 24.4. The van der Waals surface area contributed by atoms with Crippen LogP contribution < -0.4 is 0 Å². The zero-order chi connectivity index (χ0) is 23.4. The second-order valence-electron chi connectivity index (χ2n) is 11.7. The van der Waals surface area contributed by atoms with Gasteiger partial charge in [0.1, 0.15) is 12.2 Å². The molecule has 33 heavy (non-hydrogen) atoms. The van der Waals surface area contributed by atoms with Crippen LogP contribution in [-0.4, -0.2) is 24.1 Å². The Morgan fingerprint density at radius 2 is 1.64 bits per heavy atom. The van der Waals surface area contributed by atoms with Gasteiger partial charge in [-0.05, 0) is 92.6 Å². The van der Waals surface area contributed by atoms with Gasteiger partial charge in [-0.1, -0.05) is 44.2 Å². The van der Waals surface area contributed by atoms with Crippen molar-refractivity contribution in [2.45, 2.75) is 84.3 Å². The maximum atomic E-state index is 12.8. The fourth-order valence-electron chi connectivity index (χ4n) is 8.35. The molecular formula is C29H38O4. The summed E-state index contributed by atoms with van der Waals surface area (Å²) < 4.78 is 11.8. The average Bonchev–Trinajstić information content (AvgIpc) is 3.11. The maximum absolute atomic E-state index is 12.8. The van der Waals surface area contributed by atoms with Gasteiger partial charge in [-0.3, -0.25) is 4.79 Å². The molecule has 4 aliphatic carbocycles. The minimum Gasteiger partial charge on any atom is -0.463 e. The first-order chi connectivity index (χ1) is 15.7. The third kappa shape index (κ3) is 3.74. The first-order valence-corrected chi connectivity index (χ1v) is 12.8. The number of ether oxygens (including phenoxy) is 2. The summed E-state index contributed by atoms with van der Waals surface area (Å²) in [5, 5.41) is 0. The van der Waals surface area contributed by atoms with E-state index in [0.29, 0.717) is 29.2 Å². The number of esters is 2. The third-order valence-corrected chi connectivity index (χ3v) is 10.1. The zero-order valence-electron chi connectivity index (χ0n) is 20.3. The van der Waals surface area contributed by atoms with Gasteiger partial charge in [0.05, 0.1) is 5.56 Å². The molecule has 1 aromatic rings. The summed E-state index contributed by atoms with van der Waals surface area (Å²) in [6.45, 7) is 11.0. The predicted molar refractivity (Wildman–Crippen MR) is 127 cm³/mol. The van der Waals surface area contributed by atoms with Gasteiger partial charge < -0.3 is 9.47 Å². The highest BCUT2D eigenvalue weighted by Crippen LogP contribution is 2.67. The highest BCUT2D eigenvalue weighted by atomic mass is 16.5. The van der Waals surface area contributed by atoms with Crippen LogP contribution in [0.4, 0.5) is 0 Å². The van der Waals surface area contributed by atoms with Gasteiger partial charge in [-0.25, -0.2) is 4.79 Å². The van der Waals surface area contributed by atoms with E-state index >= 15 is 0 Å². The Labute approximate surface area is 198 Å². The molecule has 4 aliphatic rings. The van der Waals surface area contributed by atoms with Crippen molar-refractivity contribution in [3.8, 4) is 0 Å². The molecule has 1 aromatic carbocycles. The van der Waals surface area contributed by atoms with Crippen LogP contribution in [0, 0.1) is 34.5 Å². The van der Waals surface area contributed by atoms with E-state index in [1.807, 2.05) is 30.3 Å². The van der Waals surface area contributed by atoms with Crippen molar-refractivity contribution in [2.24, 2.45) is 34.5 Å². The number of allylic oxidation sites excluding steroid dienone is 1. The lowest BCUT2D eigenvalue weighted by molar-refractivity contribution is -0.156. The molecule has 0 heterocycles. The van der Waals surface area contributed by atoms with E-state index in [1.165, 1.54) is 18.9 Å². The largest absolute Gasteiger partial charge is 0.463 e. The molecule has 4 nitrogen and oxygen atoms in total. The summed E-state index contributed by atoms with van der Waals surface area (Å²) in [7, 11) is 0. The molecule has 4 fully saturated rings. The topological polar surface area (TPSA) is 52.6 Å². The van der Waals surface area contributed by atoms with Crippen LogP contribution >= 0.6 is 0 Å². The monoisotopic (exact) mass is 450 g/mol. The van der Waals surface area contributed by atoms with Crippen molar-refractivity contribution < 1.29 is 19.1 Å². The molecular weight excluding hydrogens is 412 g/mol. The summed E-state index contributed by atoms with van der Waals surface area (Å²) in [5.74, 6) is 1.86. The Bertz CT molecular complexity index is 938. The van der Waals surface area contributed by atoms with E-state index in [4.69, 9.17) is 9.47 Å². The lowest BCUT2D eigenvalue weighted by Gasteiger charge is -2.61. The molecule has 0 bridgehead atoms. The van der Waals surface area contributed by atoms with Crippen LogP contribution in [0.3, 0.4) is 0 Å². The molecule has 5 rings (SSSR count). The van der Waals surface area contributed by atoms with E-state index < -0.39 is 0 Å². The lowest BCUT2D eigenvalue weighted by atomic mass is 9.44. The van der Waals surface area contributed by atoms with E-state index in [1.54, 1.807) is 0 Å². The second kappa shape index (κ2) is 8.29. The van der Waals surface area contributed by atoms with Crippen molar-refractivity contribution in [1.29, 1.82) is 0 Å². The van der Waals surface area contributed by atoms with Gasteiger partial charge in [0.15, 0.2) is 0 Å². The molecule has 0 amide bonds. The van der Waals surface area contributed by atoms with E-state index in [9.17, 15) is 9.59 Å². The van der Waals surface area contributed by atoms with Gasteiger partial charge in [0.2, 0.25) is 0 Å². The average molecular weight is 451 g/mol. The molecule has 0 saturated heterocycles. The van der Waals surface area contributed by atoms with E-state index in [-0.39, 0.29) is 35.0 Å². The fourth-order valence-corrected chi connectivity index (χ4v) is 8.35. The second-order valence-corrected chi connectivity index (χ2v) is 11.7. The normalized spacial score (nSPS) is 42.0. The Kier molecular flexibility index (Phi) is 5.69. The number of hydrogen-bond donors (Lipinski definition) is 0. The van der Waals surface area contributed by atoms with Crippen molar-refractivity contribution in [3.63, 3.8) is 0 Å². The van der Waals surface area contributed by atoms with Gasteiger partial charge >= 0.3 is 11.9 Å². The molecule has 0 aliphatic heterocycles. The summed E-state index contributed by atoms with van der Waals surface area (Å²) in [6.07, 6.45) is 8.48. The minimum absolute atomic E-state index is 0.0193. The SMILES string of the molecule is C=C1C[C@@H]2C[C@H](OC(C)=O)CC[C@]2(C)[C@H]2CC[C@]3(C)[C@@H](OC(=O)c4ccccc4)CC[C@H]3[C@H]12. The van der Waals surface area contributed by atoms with Crippen molar-refractivity contribution in [3.05, 3.63) is 48.0 Å². The van der Waals surface area contributed by atoms with Crippen LogP contribution in [0.5, 0.6) is 0 Å². The van der Waals surface area contributed by atoms with E-state index in [0.717, 1.165) is 44.9 Å². The molecule has 4 heteroatoms. The standard InChI is InChI=1S/C29H38O4/c1-18-16-21-17-22(32-19(2)30)12-14-28(21,3)24-13-15-29(4)23(26(18)24)10-11-25(29)33-27(31)20-8-6-5-7-9-20/h5-9,21-26H,1,10-17H2,2-4H3/t21-,22-,23+,24+,25+,26+,28+,29+/m1/s1. The summed E-state index contributed by atoms with van der Waals surface area (Å²) in [5.41, 5.74) is 2.33. The molecule has 0 radical (unpaired) electrons. The molecule has 178 valence electrons. The fraction of sp³-hybridized carbons (Fsp3) is 0.655. The van der Waals surface area contributed by atoms with Crippen LogP contribution in [0.15, 0.2) is 42.5 Å². The number of carbonyl (C=O) groups is 2. The molecule has 0 N–H and O–H groups in total. The van der Waals surface area contributed by atoms with Crippen molar-refractivity contribution in [1.82, 2.24) is 0 Å². The van der Waals surface area contributed by atoms with Gasteiger partial charge in [0.25, 0.3) is 0 Å². The van der Waals surface area contributed by atoms with Gasteiger partial charge in [0, 0.05) is 12.3 Å². The van der Waals surface area contributed by atoms with E-state index in [2.05, 4.69) is 20.4 Å². The Balaban J connectivity index is 1.34. The summed E-state index contributed by atoms with van der Waals surface area (Å²) >= 11 is 0. The molecule has 0 spiro atoms. The van der Waals surface area contributed by atoms with Crippen LogP contribution in [0.2, 0.25) is 0 Å². The Hall–Kier alpha value is -2.10.